The van der Waals surface area contributed by atoms with Crippen molar-refractivity contribution in [2.24, 2.45) is 0 Å². The maximum absolute atomic E-state index is 11.9. The molecule has 2 rings (SSSR count). The number of thiophene rings is 1. The summed E-state index contributed by atoms with van der Waals surface area (Å²) in [7, 11) is 1.32. The predicted molar refractivity (Wildman–Crippen MR) is 75.9 cm³/mol. The number of nitrogens with one attached hydrogen (secondary N) is 1. The summed E-state index contributed by atoms with van der Waals surface area (Å²) in [4.78, 5) is 28.1. The molecule has 0 aliphatic carbocycles. The standard InChI is InChI=1S/C14H14N2O3S/c1-19-14(18)12-3-2-11(20-12)13(17)16-9-6-10-4-7-15-8-5-10/h2-5,7-8H,6,9H2,1H3,(H,16,17). The fourth-order valence-electron chi connectivity index (χ4n) is 1.63. The second-order valence-corrected chi connectivity index (χ2v) is 5.10. The normalized spacial score (nSPS) is 10.1. The summed E-state index contributed by atoms with van der Waals surface area (Å²) in [5, 5.41) is 2.82. The Hall–Kier alpha value is -2.21. The van der Waals surface area contributed by atoms with Gasteiger partial charge in [0.2, 0.25) is 0 Å². The van der Waals surface area contributed by atoms with Crippen LogP contribution in [0.2, 0.25) is 0 Å². The van der Waals surface area contributed by atoms with E-state index in [1.165, 1.54) is 7.11 Å². The number of aromatic nitrogens is 1. The van der Waals surface area contributed by atoms with Crippen molar-refractivity contribution in [2.75, 3.05) is 13.7 Å². The van der Waals surface area contributed by atoms with E-state index in [2.05, 4.69) is 15.0 Å². The Morgan fingerprint density at radius 1 is 1.20 bits per heavy atom. The third kappa shape index (κ3) is 3.64. The Morgan fingerprint density at radius 2 is 1.90 bits per heavy atom. The summed E-state index contributed by atoms with van der Waals surface area (Å²) in [6, 6.07) is 7.03. The topological polar surface area (TPSA) is 68.3 Å². The molecule has 0 spiro atoms. The Kier molecular flexibility index (Phi) is 4.84. The fraction of sp³-hybridized carbons (Fsp3) is 0.214. The van der Waals surface area contributed by atoms with Gasteiger partial charge in [0.05, 0.1) is 12.0 Å². The zero-order valence-electron chi connectivity index (χ0n) is 11.0. The number of nitrogens with zero attached hydrogens (tertiary/aromatic N) is 1. The van der Waals surface area contributed by atoms with E-state index in [1.54, 1.807) is 24.5 Å². The predicted octanol–water partition coefficient (Wildman–Crippen LogP) is 1.90. The number of carbonyl (C=O) groups excluding carboxylic acids is 2. The van der Waals surface area contributed by atoms with Crippen LogP contribution in [-0.2, 0) is 11.2 Å². The minimum absolute atomic E-state index is 0.181. The lowest BCUT2D eigenvalue weighted by Crippen LogP contribution is -2.24. The molecule has 6 heteroatoms. The van der Waals surface area contributed by atoms with E-state index in [-0.39, 0.29) is 5.91 Å². The first-order valence-corrected chi connectivity index (χ1v) is 6.87. The van der Waals surface area contributed by atoms with E-state index in [9.17, 15) is 9.59 Å². The molecule has 0 bridgehead atoms. The third-order valence-corrected chi connectivity index (χ3v) is 3.73. The SMILES string of the molecule is COC(=O)c1ccc(C(=O)NCCc2ccncc2)s1. The number of rotatable bonds is 5. The molecule has 0 aliphatic heterocycles. The van der Waals surface area contributed by atoms with Crippen LogP contribution in [0.15, 0.2) is 36.7 Å². The van der Waals surface area contributed by atoms with Crippen molar-refractivity contribution in [1.82, 2.24) is 10.3 Å². The van der Waals surface area contributed by atoms with Crippen LogP contribution < -0.4 is 5.32 Å². The molecule has 2 aromatic heterocycles. The average Bonchev–Trinajstić information content (AvgIpc) is 2.97. The number of hydrogen-bond acceptors (Lipinski definition) is 5. The van der Waals surface area contributed by atoms with Crippen LogP contribution in [0.25, 0.3) is 0 Å². The number of esters is 1. The summed E-state index contributed by atoms with van der Waals surface area (Å²) in [6.07, 6.45) is 4.18. The number of carbonyl (C=O) groups is 2. The molecule has 0 radical (unpaired) electrons. The highest BCUT2D eigenvalue weighted by atomic mass is 32.1. The van der Waals surface area contributed by atoms with Crippen LogP contribution in [0.3, 0.4) is 0 Å². The van der Waals surface area contributed by atoms with Crippen molar-refractivity contribution < 1.29 is 14.3 Å². The largest absolute Gasteiger partial charge is 0.465 e. The summed E-state index contributed by atoms with van der Waals surface area (Å²) in [5.74, 6) is -0.606. The lowest BCUT2D eigenvalue weighted by atomic mass is 10.2. The van der Waals surface area contributed by atoms with Gasteiger partial charge in [0, 0.05) is 18.9 Å². The maximum atomic E-state index is 11.9. The Bertz CT molecular complexity index is 595. The molecule has 20 heavy (non-hydrogen) atoms. The second kappa shape index (κ2) is 6.81. The minimum Gasteiger partial charge on any atom is -0.465 e. The van der Waals surface area contributed by atoms with Crippen LogP contribution in [0.1, 0.15) is 24.9 Å². The summed E-state index contributed by atoms with van der Waals surface area (Å²) in [5.41, 5.74) is 1.11. The van der Waals surface area contributed by atoms with Crippen molar-refractivity contribution >= 4 is 23.2 Å². The first-order chi connectivity index (χ1) is 9.70. The summed E-state index contributed by atoms with van der Waals surface area (Å²) >= 11 is 1.12. The quantitative estimate of drug-likeness (QED) is 0.854. The van der Waals surface area contributed by atoms with Gasteiger partial charge >= 0.3 is 5.97 Å². The Morgan fingerprint density at radius 3 is 2.60 bits per heavy atom. The van der Waals surface area contributed by atoms with Gasteiger partial charge in [0.25, 0.3) is 5.91 Å². The third-order valence-electron chi connectivity index (χ3n) is 2.66. The molecule has 0 aromatic carbocycles. The molecule has 0 saturated heterocycles. The van der Waals surface area contributed by atoms with Crippen LogP contribution in [-0.4, -0.2) is 30.5 Å². The molecule has 1 amide bonds. The molecule has 2 heterocycles. The first-order valence-electron chi connectivity index (χ1n) is 6.06. The van der Waals surface area contributed by atoms with Gasteiger partial charge in [-0.3, -0.25) is 9.78 Å². The van der Waals surface area contributed by atoms with Gasteiger partial charge in [-0.05, 0) is 36.2 Å². The molecule has 0 fully saturated rings. The molecule has 2 aromatic rings. The van der Waals surface area contributed by atoms with Crippen LogP contribution in [0.4, 0.5) is 0 Å². The summed E-state index contributed by atoms with van der Waals surface area (Å²) < 4.78 is 4.60. The van der Waals surface area contributed by atoms with Crippen LogP contribution in [0.5, 0.6) is 0 Å². The van der Waals surface area contributed by atoms with Crippen molar-refractivity contribution in [3.8, 4) is 0 Å². The van der Waals surface area contributed by atoms with Crippen LogP contribution >= 0.6 is 11.3 Å². The number of methoxy groups -OCH3 is 1. The molecular weight excluding hydrogens is 276 g/mol. The number of pyridine rings is 1. The molecule has 0 saturated carbocycles. The minimum atomic E-state index is -0.425. The fourth-order valence-corrected chi connectivity index (χ4v) is 2.47. The highest BCUT2D eigenvalue weighted by Gasteiger charge is 2.13. The zero-order valence-corrected chi connectivity index (χ0v) is 11.8. The highest BCUT2D eigenvalue weighted by Crippen LogP contribution is 2.17. The van der Waals surface area contributed by atoms with Gasteiger partial charge in [0.15, 0.2) is 0 Å². The molecule has 5 nitrogen and oxygen atoms in total. The van der Waals surface area contributed by atoms with E-state index in [1.807, 2.05) is 12.1 Å². The molecule has 1 N–H and O–H groups in total. The number of ether oxygens (including phenoxy) is 1. The number of hydrogen-bond donors (Lipinski definition) is 1. The molecule has 0 unspecified atom stereocenters. The molecule has 0 atom stereocenters. The lowest BCUT2D eigenvalue weighted by Gasteiger charge is -2.03. The first kappa shape index (κ1) is 14.2. The van der Waals surface area contributed by atoms with Gasteiger partial charge in [0.1, 0.15) is 4.88 Å². The maximum Gasteiger partial charge on any atom is 0.348 e. The average molecular weight is 290 g/mol. The monoisotopic (exact) mass is 290 g/mol. The lowest BCUT2D eigenvalue weighted by molar-refractivity contribution is 0.0606. The van der Waals surface area contributed by atoms with E-state index in [0.717, 1.165) is 23.3 Å². The zero-order chi connectivity index (χ0) is 14.4. The van der Waals surface area contributed by atoms with Crippen molar-refractivity contribution in [3.63, 3.8) is 0 Å². The van der Waals surface area contributed by atoms with Crippen molar-refractivity contribution in [3.05, 3.63) is 52.0 Å². The van der Waals surface area contributed by atoms with Crippen molar-refractivity contribution in [2.45, 2.75) is 6.42 Å². The van der Waals surface area contributed by atoms with E-state index in [4.69, 9.17) is 0 Å². The van der Waals surface area contributed by atoms with Crippen molar-refractivity contribution in [1.29, 1.82) is 0 Å². The summed E-state index contributed by atoms with van der Waals surface area (Å²) in [6.45, 7) is 0.536. The smallest absolute Gasteiger partial charge is 0.348 e. The van der Waals surface area contributed by atoms with Gasteiger partial charge in [-0.15, -0.1) is 11.3 Å². The van der Waals surface area contributed by atoms with Crippen LogP contribution in [0, 0.1) is 0 Å². The molecule has 104 valence electrons. The van der Waals surface area contributed by atoms with E-state index in [0.29, 0.717) is 16.3 Å². The molecular formula is C14H14N2O3S. The highest BCUT2D eigenvalue weighted by molar-refractivity contribution is 7.15. The van der Waals surface area contributed by atoms with E-state index < -0.39 is 5.97 Å². The second-order valence-electron chi connectivity index (χ2n) is 4.02. The molecule has 0 aliphatic rings. The Balaban J connectivity index is 1.86. The Labute approximate surface area is 120 Å². The van der Waals surface area contributed by atoms with E-state index >= 15 is 0 Å². The number of amides is 1. The van der Waals surface area contributed by atoms with Gasteiger partial charge in [-0.25, -0.2) is 4.79 Å². The van der Waals surface area contributed by atoms with Gasteiger partial charge < -0.3 is 10.1 Å². The van der Waals surface area contributed by atoms with Gasteiger partial charge in [-0.1, -0.05) is 0 Å². The van der Waals surface area contributed by atoms with Gasteiger partial charge in [-0.2, -0.15) is 0 Å².